The van der Waals surface area contributed by atoms with Crippen LogP contribution in [0.2, 0.25) is 0 Å². The molecule has 1 amide bonds. The van der Waals surface area contributed by atoms with Crippen molar-refractivity contribution in [3.63, 3.8) is 0 Å². The number of ether oxygens (including phenoxy) is 1. The average molecular weight is 406 g/mol. The summed E-state index contributed by atoms with van der Waals surface area (Å²) < 4.78 is 41.5. The predicted molar refractivity (Wildman–Crippen MR) is 106 cm³/mol. The summed E-state index contributed by atoms with van der Waals surface area (Å²) in [5, 5.41) is 2.56. The number of halogens is 3. The molecule has 1 unspecified atom stereocenters. The predicted octanol–water partition coefficient (Wildman–Crippen LogP) is 5.39. The molecule has 156 valence electrons. The minimum atomic E-state index is -4.80. The number of carbonyl (C=O) groups is 1. The second-order valence-electron chi connectivity index (χ2n) is 7.36. The molecule has 3 rings (SSSR count). The number of amides is 1. The van der Waals surface area contributed by atoms with Crippen LogP contribution < -0.4 is 10.1 Å². The van der Waals surface area contributed by atoms with E-state index in [1.807, 2.05) is 18.2 Å². The Morgan fingerprint density at radius 2 is 1.72 bits per heavy atom. The first kappa shape index (κ1) is 21.2. The van der Waals surface area contributed by atoms with E-state index < -0.39 is 12.1 Å². The summed E-state index contributed by atoms with van der Waals surface area (Å²) in [4.78, 5) is 14.8. The van der Waals surface area contributed by atoms with E-state index in [2.05, 4.69) is 34.0 Å². The highest BCUT2D eigenvalue weighted by Crippen LogP contribution is 2.31. The van der Waals surface area contributed by atoms with Crippen molar-refractivity contribution in [3.8, 4) is 5.75 Å². The van der Waals surface area contributed by atoms with Crippen molar-refractivity contribution in [2.75, 3.05) is 18.4 Å². The molecule has 1 N–H and O–H groups in total. The van der Waals surface area contributed by atoms with Crippen LogP contribution in [0.25, 0.3) is 0 Å². The molecule has 0 bridgehead atoms. The first-order valence-corrected chi connectivity index (χ1v) is 9.75. The van der Waals surface area contributed by atoms with E-state index in [0.29, 0.717) is 6.04 Å². The molecule has 0 spiro atoms. The molecule has 1 aliphatic rings. The van der Waals surface area contributed by atoms with Crippen LogP contribution in [0.15, 0.2) is 54.6 Å². The number of benzene rings is 2. The summed E-state index contributed by atoms with van der Waals surface area (Å²) in [6, 6.07) is 16.2. The number of hydrogen-bond acceptors (Lipinski definition) is 3. The fourth-order valence-corrected chi connectivity index (χ4v) is 3.73. The topological polar surface area (TPSA) is 41.6 Å². The van der Waals surface area contributed by atoms with Crippen molar-refractivity contribution < 1.29 is 22.7 Å². The van der Waals surface area contributed by atoms with Crippen molar-refractivity contribution in [2.24, 2.45) is 5.92 Å². The van der Waals surface area contributed by atoms with Crippen molar-refractivity contribution in [1.29, 1.82) is 0 Å². The van der Waals surface area contributed by atoms with Crippen LogP contribution in [-0.2, 0) is 4.79 Å². The van der Waals surface area contributed by atoms with Gasteiger partial charge in [0.25, 0.3) is 0 Å². The van der Waals surface area contributed by atoms with E-state index >= 15 is 0 Å². The lowest BCUT2D eigenvalue weighted by molar-refractivity contribution is -0.274. The van der Waals surface area contributed by atoms with Gasteiger partial charge < -0.3 is 10.1 Å². The molecule has 1 fully saturated rings. The lowest BCUT2D eigenvalue weighted by Crippen LogP contribution is -2.36. The number of rotatable bonds is 6. The highest BCUT2D eigenvalue weighted by atomic mass is 19.4. The van der Waals surface area contributed by atoms with E-state index in [1.54, 1.807) is 6.07 Å². The Bertz CT molecular complexity index is 803. The number of piperidine rings is 1. The SMILES string of the molecule is CC(c1ccccc1)N1CCC(CC(=O)Nc2ccccc2OC(F)(F)F)CC1. The minimum Gasteiger partial charge on any atom is -0.404 e. The number of anilines is 1. The maximum atomic E-state index is 12.5. The molecule has 0 aromatic heterocycles. The van der Waals surface area contributed by atoms with Gasteiger partial charge in [0, 0.05) is 12.5 Å². The van der Waals surface area contributed by atoms with Gasteiger partial charge in [0.05, 0.1) is 5.69 Å². The Morgan fingerprint density at radius 1 is 1.10 bits per heavy atom. The van der Waals surface area contributed by atoms with Crippen molar-refractivity contribution in [3.05, 3.63) is 60.2 Å². The Labute approximate surface area is 168 Å². The van der Waals surface area contributed by atoms with Gasteiger partial charge in [-0.25, -0.2) is 0 Å². The van der Waals surface area contributed by atoms with Gasteiger partial charge in [0.1, 0.15) is 0 Å². The van der Waals surface area contributed by atoms with E-state index in [-0.39, 0.29) is 23.9 Å². The molecule has 1 aliphatic heterocycles. The van der Waals surface area contributed by atoms with Crippen molar-refractivity contribution in [2.45, 2.75) is 38.6 Å². The summed E-state index contributed by atoms with van der Waals surface area (Å²) in [7, 11) is 0. The van der Waals surface area contributed by atoms with Gasteiger partial charge in [-0.2, -0.15) is 0 Å². The first-order chi connectivity index (χ1) is 13.8. The average Bonchev–Trinajstić information content (AvgIpc) is 2.69. The number of para-hydroxylation sites is 2. The molecule has 0 aliphatic carbocycles. The lowest BCUT2D eigenvalue weighted by atomic mass is 9.91. The molecule has 0 radical (unpaired) electrons. The molecule has 1 atom stereocenters. The van der Waals surface area contributed by atoms with Crippen LogP contribution >= 0.6 is 0 Å². The second kappa shape index (κ2) is 9.31. The normalized spacial score (nSPS) is 17.0. The molecule has 2 aromatic carbocycles. The van der Waals surface area contributed by atoms with Gasteiger partial charge in [-0.15, -0.1) is 13.2 Å². The van der Waals surface area contributed by atoms with E-state index in [4.69, 9.17) is 0 Å². The van der Waals surface area contributed by atoms with Gasteiger partial charge >= 0.3 is 6.36 Å². The molecular formula is C22H25F3N2O2. The third-order valence-corrected chi connectivity index (χ3v) is 5.34. The fraction of sp³-hybridized carbons (Fsp3) is 0.409. The van der Waals surface area contributed by atoms with Crippen LogP contribution in [-0.4, -0.2) is 30.3 Å². The Morgan fingerprint density at radius 3 is 2.38 bits per heavy atom. The zero-order valence-corrected chi connectivity index (χ0v) is 16.3. The van der Waals surface area contributed by atoms with Gasteiger partial charge in [-0.1, -0.05) is 42.5 Å². The number of nitrogens with one attached hydrogen (secondary N) is 1. The summed E-state index contributed by atoms with van der Waals surface area (Å²) in [5.74, 6) is -0.484. The van der Waals surface area contributed by atoms with Gasteiger partial charge in [-0.05, 0) is 56.5 Å². The lowest BCUT2D eigenvalue weighted by Gasteiger charge is -2.36. The first-order valence-electron chi connectivity index (χ1n) is 9.75. The van der Waals surface area contributed by atoms with Crippen molar-refractivity contribution in [1.82, 2.24) is 4.90 Å². The monoisotopic (exact) mass is 406 g/mol. The summed E-state index contributed by atoms with van der Waals surface area (Å²) >= 11 is 0. The van der Waals surface area contributed by atoms with Gasteiger partial charge in [0.15, 0.2) is 5.75 Å². The highest BCUT2D eigenvalue weighted by Gasteiger charge is 2.32. The molecule has 7 heteroatoms. The Balaban J connectivity index is 1.51. The molecule has 0 saturated carbocycles. The summed E-state index contributed by atoms with van der Waals surface area (Å²) in [5.41, 5.74) is 1.30. The molecule has 4 nitrogen and oxygen atoms in total. The summed E-state index contributed by atoms with van der Waals surface area (Å²) in [6.45, 7) is 3.96. The van der Waals surface area contributed by atoms with Gasteiger partial charge in [-0.3, -0.25) is 9.69 Å². The number of likely N-dealkylation sites (tertiary alicyclic amines) is 1. The quantitative estimate of drug-likeness (QED) is 0.700. The largest absolute Gasteiger partial charge is 0.573 e. The third-order valence-electron chi connectivity index (χ3n) is 5.34. The van der Waals surface area contributed by atoms with Crippen LogP contribution in [0.1, 0.15) is 37.8 Å². The van der Waals surface area contributed by atoms with Crippen LogP contribution in [0, 0.1) is 5.92 Å². The molecule has 1 saturated heterocycles. The summed E-state index contributed by atoms with van der Waals surface area (Å²) in [6.07, 6.45) is -2.76. The van der Waals surface area contributed by atoms with Crippen LogP contribution in [0.5, 0.6) is 5.75 Å². The smallest absolute Gasteiger partial charge is 0.404 e. The van der Waals surface area contributed by atoms with Crippen LogP contribution in [0.3, 0.4) is 0 Å². The number of nitrogens with zero attached hydrogens (tertiary/aromatic N) is 1. The number of alkyl halides is 3. The van der Waals surface area contributed by atoms with Gasteiger partial charge in [0.2, 0.25) is 5.91 Å². The maximum Gasteiger partial charge on any atom is 0.573 e. The molecular weight excluding hydrogens is 381 g/mol. The Kier molecular flexibility index (Phi) is 6.79. The molecule has 1 heterocycles. The standard InChI is InChI=1S/C22H25F3N2O2/c1-16(18-7-3-2-4-8-18)27-13-11-17(12-14-27)15-21(28)26-19-9-5-6-10-20(19)29-22(23,24)25/h2-10,16-17H,11-15H2,1H3,(H,26,28). The minimum absolute atomic E-state index is 0.0324. The second-order valence-corrected chi connectivity index (χ2v) is 7.36. The fourth-order valence-electron chi connectivity index (χ4n) is 3.73. The number of carbonyl (C=O) groups excluding carboxylic acids is 1. The third kappa shape index (κ3) is 6.22. The molecule has 2 aromatic rings. The highest BCUT2D eigenvalue weighted by molar-refractivity contribution is 5.92. The zero-order valence-electron chi connectivity index (χ0n) is 16.3. The molecule has 29 heavy (non-hydrogen) atoms. The number of hydrogen-bond donors (Lipinski definition) is 1. The Hall–Kier alpha value is -2.54. The van der Waals surface area contributed by atoms with E-state index in [0.717, 1.165) is 25.9 Å². The van der Waals surface area contributed by atoms with Crippen LogP contribution in [0.4, 0.5) is 18.9 Å². The zero-order chi connectivity index (χ0) is 20.9. The maximum absolute atomic E-state index is 12.5. The van der Waals surface area contributed by atoms with E-state index in [9.17, 15) is 18.0 Å². The van der Waals surface area contributed by atoms with E-state index in [1.165, 1.54) is 23.8 Å². The van der Waals surface area contributed by atoms with Crippen molar-refractivity contribution >= 4 is 11.6 Å².